The number of hydrogen-bond acceptors (Lipinski definition) is 4. The molecule has 0 saturated carbocycles. The van der Waals surface area contributed by atoms with Crippen molar-refractivity contribution in [3.05, 3.63) is 0 Å². The first-order valence-corrected chi connectivity index (χ1v) is 4.47. The highest BCUT2D eigenvalue weighted by Crippen LogP contribution is 2.03. The Bertz CT molecular complexity index is 130. The van der Waals surface area contributed by atoms with Crippen molar-refractivity contribution in [3.63, 3.8) is 0 Å². The Morgan fingerprint density at radius 1 is 1.58 bits per heavy atom. The lowest BCUT2D eigenvalue weighted by Gasteiger charge is -2.36. The molecule has 0 amide bonds. The Morgan fingerprint density at radius 2 is 2.33 bits per heavy atom. The van der Waals surface area contributed by atoms with Gasteiger partial charge in [-0.2, -0.15) is 0 Å². The highest BCUT2D eigenvalue weighted by atomic mass is 16.3. The maximum atomic E-state index is 8.92. The number of aliphatic hydroxyl groups is 2. The molecule has 0 aromatic heterocycles. The molecule has 1 aliphatic rings. The van der Waals surface area contributed by atoms with Crippen molar-refractivity contribution >= 4 is 0 Å². The minimum atomic E-state index is 0.174. The van der Waals surface area contributed by atoms with Crippen LogP contribution in [0, 0.1) is 0 Å². The van der Waals surface area contributed by atoms with Gasteiger partial charge in [0.25, 0.3) is 0 Å². The maximum Gasteiger partial charge on any atom is 0.0597 e. The van der Waals surface area contributed by atoms with Gasteiger partial charge in [-0.15, -0.1) is 0 Å². The predicted octanol–water partition coefficient (Wildman–Crippen LogP) is -1.37. The Hall–Kier alpha value is -0.160. The molecular weight excluding hydrogens is 156 g/mol. The zero-order valence-electron chi connectivity index (χ0n) is 7.53. The fourth-order valence-electron chi connectivity index (χ4n) is 1.49. The van der Waals surface area contributed by atoms with Crippen molar-refractivity contribution in [1.82, 2.24) is 10.2 Å². The standard InChI is InChI=1S/C8H18N2O2/c1-7(5-11)10-3-2-9-8(4-10)6-12/h7-9,11-12H,2-6H2,1H3. The molecule has 1 heterocycles. The molecule has 12 heavy (non-hydrogen) atoms. The lowest BCUT2D eigenvalue weighted by molar-refractivity contribution is 0.0859. The van der Waals surface area contributed by atoms with E-state index in [0.717, 1.165) is 19.6 Å². The number of nitrogens with one attached hydrogen (secondary N) is 1. The molecule has 4 heteroatoms. The summed E-state index contributed by atoms with van der Waals surface area (Å²) in [6.07, 6.45) is 0. The maximum absolute atomic E-state index is 8.92. The first-order valence-electron chi connectivity index (χ1n) is 4.47. The Morgan fingerprint density at radius 3 is 2.92 bits per heavy atom. The zero-order chi connectivity index (χ0) is 8.97. The van der Waals surface area contributed by atoms with Gasteiger partial charge >= 0.3 is 0 Å². The van der Waals surface area contributed by atoms with Crippen LogP contribution in [-0.2, 0) is 0 Å². The van der Waals surface area contributed by atoms with Crippen LogP contribution < -0.4 is 5.32 Å². The summed E-state index contributed by atoms with van der Waals surface area (Å²) in [4.78, 5) is 2.19. The third kappa shape index (κ3) is 2.42. The first kappa shape index (κ1) is 9.92. The number of piperazine rings is 1. The second kappa shape index (κ2) is 4.77. The molecular formula is C8H18N2O2. The topological polar surface area (TPSA) is 55.7 Å². The van der Waals surface area contributed by atoms with E-state index in [1.807, 2.05) is 6.92 Å². The molecule has 0 radical (unpaired) electrons. The fourth-order valence-corrected chi connectivity index (χ4v) is 1.49. The second-order valence-corrected chi connectivity index (χ2v) is 3.36. The van der Waals surface area contributed by atoms with Gasteiger partial charge in [0.2, 0.25) is 0 Å². The third-order valence-electron chi connectivity index (χ3n) is 2.39. The van der Waals surface area contributed by atoms with E-state index in [1.54, 1.807) is 0 Å². The van der Waals surface area contributed by atoms with E-state index in [0.29, 0.717) is 0 Å². The number of nitrogens with zero attached hydrogens (tertiary/aromatic N) is 1. The summed E-state index contributed by atoms with van der Waals surface area (Å²) < 4.78 is 0. The van der Waals surface area contributed by atoms with E-state index in [4.69, 9.17) is 10.2 Å². The van der Waals surface area contributed by atoms with Gasteiger partial charge in [0, 0.05) is 31.7 Å². The van der Waals surface area contributed by atoms with E-state index in [1.165, 1.54) is 0 Å². The molecule has 1 saturated heterocycles. The molecule has 72 valence electrons. The summed E-state index contributed by atoms with van der Waals surface area (Å²) in [5.74, 6) is 0. The van der Waals surface area contributed by atoms with Crippen LogP contribution in [0.15, 0.2) is 0 Å². The average Bonchev–Trinajstić information content (AvgIpc) is 2.17. The van der Waals surface area contributed by atoms with Gasteiger partial charge in [0.15, 0.2) is 0 Å². The first-order chi connectivity index (χ1) is 5.77. The highest BCUT2D eigenvalue weighted by molar-refractivity contribution is 4.80. The van der Waals surface area contributed by atoms with Gasteiger partial charge < -0.3 is 15.5 Å². The molecule has 4 nitrogen and oxygen atoms in total. The summed E-state index contributed by atoms with van der Waals surface area (Å²) in [5, 5.41) is 21.0. The monoisotopic (exact) mass is 174 g/mol. The third-order valence-corrected chi connectivity index (χ3v) is 2.39. The minimum Gasteiger partial charge on any atom is -0.395 e. The highest BCUT2D eigenvalue weighted by Gasteiger charge is 2.21. The molecule has 0 bridgehead atoms. The van der Waals surface area contributed by atoms with E-state index < -0.39 is 0 Å². The summed E-state index contributed by atoms with van der Waals surface area (Å²) in [6.45, 7) is 5.05. The SMILES string of the molecule is CC(CO)N1CCNC(CO)C1. The van der Waals surface area contributed by atoms with E-state index in [-0.39, 0.29) is 25.3 Å². The second-order valence-electron chi connectivity index (χ2n) is 3.36. The van der Waals surface area contributed by atoms with Crippen LogP contribution in [-0.4, -0.2) is 60.0 Å². The zero-order valence-corrected chi connectivity index (χ0v) is 7.53. The molecule has 2 unspecified atom stereocenters. The summed E-state index contributed by atoms with van der Waals surface area (Å²) in [7, 11) is 0. The Balaban J connectivity index is 2.34. The number of aliphatic hydroxyl groups excluding tert-OH is 2. The van der Waals surface area contributed by atoms with E-state index >= 15 is 0 Å². The minimum absolute atomic E-state index is 0.174. The Labute approximate surface area is 73.2 Å². The summed E-state index contributed by atoms with van der Waals surface area (Å²) >= 11 is 0. The van der Waals surface area contributed by atoms with Crippen LogP contribution >= 0.6 is 0 Å². The molecule has 2 atom stereocenters. The van der Waals surface area contributed by atoms with Gasteiger partial charge in [0.05, 0.1) is 13.2 Å². The van der Waals surface area contributed by atoms with Crippen LogP contribution in [0.1, 0.15) is 6.92 Å². The molecule has 1 aliphatic heterocycles. The van der Waals surface area contributed by atoms with E-state index in [2.05, 4.69) is 10.2 Å². The largest absolute Gasteiger partial charge is 0.395 e. The van der Waals surface area contributed by atoms with Gasteiger partial charge in [0.1, 0.15) is 0 Å². The van der Waals surface area contributed by atoms with Crippen molar-refractivity contribution < 1.29 is 10.2 Å². The number of rotatable bonds is 3. The smallest absolute Gasteiger partial charge is 0.0597 e. The molecule has 0 aromatic carbocycles. The summed E-state index contributed by atoms with van der Waals surface area (Å²) in [6, 6.07) is 0.383. The van der Waals surface area contributed by atoms with Crippen molar-refractivity contribution in [1.29, 1.82) is 0 Å². The van der Waals surface area contributed by atoms with Gasteiger partial charge in [-0.05, 0) is 6.92 Å². The molecule has 1 rings (SSSR count). The van der Waals surface area contributed by atoms with Crippen LogP contribution in [0.4, 0.5) is 0 Å². The summed E-state index contributed by atoms with van der Waals surface area (Å²) in [5.41, 5.74) is 0. The predicted molar refractivity (Wildman–Crippen MR) is 47.0 cm³/mol. The van der Waals surface area contributed by atoms with Crippen molar-refractivity contribution in [2.24, 2.45) is 0 Å². The van der Waals surface area contributed by atoms with Crippen LogP contribution in [0.3, 0.4) is 0 Å². The molecule has 0 aliphatic carbocycles. The van der Waals surface area contributed by atoms with Crippen LogP contribution in [0.5, 0.6) is 0 Å². The van der Waals surface area contributed by atoms with Gasteiger partial charge in [-0.3, -0.25) is 4.90 Å². The van der Waals surface area contributed by atoms with Crippen LogP contribution in [0.25, 0.3) is 0 Å². The number of hydrogen-bond donors (Lipinski definition) is 3. The van der Waals surface area contributed by atoms with E-state index in [9.17, 15) is 0 Å². The van der Waals surface area contributed by atoms with Crippen molar-refractivity contribution in [2.45, 2.75) is 19.0 Å². The van der Waals surface area contributed by atoms with Crippen LogP contribution in [0.2, 0.25) is 0 Å². The molecule has 1 fully saturated rings. The molecule has 3 N–H and O–H groups in total. The normalized spacial score (nSPS) is 28.8. The van der Waals surface area contributed by atoms with Gasteiger partial charge in [-0.1, -0.05) is 0 Å². The molecule has 0 spiro atoms. The molecule has 0 aromatic rings. The van der Waals surface area contributed by atoms with Gasteiger partial charge in [-0.25, -0.2) is 0 Å². The Kier molecular flexibility index (Phi) is 3.94. The average molecular weight is 174 g/mol. The lowest BCUT2D eigenvalue weighted by atomic mass is 10.2. The van der Waals surface area contributed by atoms with Crippen molar-refractivity contribution in [2.75, 3.05) is 32.8 Å². The lowest BCUT2D eigenvalue weighted by Crippen LogP contribution is -2.55. The fraction of sp³-hybridized carbons (Fsp3) is 1.00. The quantitative estimate of drug-likeness (QED) is 0.494. The van der Waals surface area contributed by atoms with Crippen molar-refractivity contribution in [3.8, 4) is 0 Å².